The first-order valence-electron chi connectivity index (χ1n) is 6.62. The molecule has 0 atom stereocenters. The zero-order chi connectivity index (χ0) is 15.3. The van der Waals surface area contributed by atoms with Gasteiger partial charge >= 0.3 is 0 Å². The van der Waals surface area contributed by atoms with Gasteiger partial charge in [0.15, 0.2) is 5.82 Å². The summed E-state index contributed by atoms with van der Waals surface area (Å²) in [5.74, 6) is 0.816. The van der Waals surface area contributed by atoms with Crippen LogP contribution in [0.4, 0.5) is 11.6 Å². The van der Waals surface area contributed by atoms with Gasteiger partial charge in [-0.2, -0.15) is 0 Å². The van der Waals surface area contributed by atoms with E-state index in [2.05, 4.69) is 26.3 Å². The first kappa shape index (κ1) is 15.2. The van der Waals surface area contributed by atoms with Gasteiger partial charge in [0.1, 0.15) is 5.82 Å². The smallest absolute Gasteiger partial charge is 0.233 e. The van der Waals surface area contributed by atoms with Gasteiger partial charge in [0, 0.05) is 6.54 Å². The molecule has 0 amide bonds. The second kappa shape index (κ2) is 6.53. The summed E-state index contributed by atoms with van der Waals surface area (Å²) in [6.07, 6.45) is 0. The molecule has 1 aromatic carbocycles. The van der Waals surface area contributed by atoms with E-state index in [9.17, 15) is 8.42 Å². The van der Waals surface area contributed by atoms with Gasteiger partial charge in [-0.05, 0) is 31.5 Å². The molecule has 1 heterocycles. The van der Waals surface area contributed by atoms with Gasteiger partial charge in [-0.25, -0.2) is 8.42 Å². The largest absolute Gasteiger partial charge is 0.365 e. The van der Waals surface area contributed by atoms with Crippen LogP contribution in [0.1, 0.15) is 18.1 Å². The zero-order valence-electron chi connectivity index (χ0n) is 12.0. The van der Waals surface area contributed by atoms with Crippen LogP contribution in [0.2, 0.25) is 0 Å². The van der Waals surface area contributed by atoms with Crippen LogP contribution < -0.4 is 10.0 Å². The molecule has 0 saturated heterocycles. The van der Waals surface area contributed by atoms with E-state index in [-0.39, 0.29) is 11.6 Å². The molecule has 0 bridgehead atoms. The fourth-order valence-corrected chi connectivity index (χ4v) is 2.30. The van der Waals surface area contributed by atoms with Gasteiger partial charge in [-0.15, -0.1) is 10.2 Å². The van der Waals surface area contributed by atoms with Crippen molar-refractivity contribution in [2.24, 2.45) is 0 Å². The molecule has 0 aliphatic carbocycles. The maximum atomic E-state index is 11.4. The molecule has 0 saturated carbocycles. The highest BCUT2D eigenvalue weighted by molar-refractivity contribution is 7.92. The molecule has 112 valence electrons. The Morgan fingerprint density at radius 1 is 1.10 bits per heavy atom. The number of sulfonamides is 1. The van der Waals surface area contributed by atoms with Crippen molar-refractivity contribution in [3.63, 3.8) is 0 Å². The second-order valence-corrected chi connectivity index (χ2v) is 6.66. The van der Waals surface area contributed by atoms with Crippen LogP contribution in [-0.4, -0.2) is 24.4 Å². The third kappa shape index (κ3) is 4.71. The molecule has 2 N–H and O–H groups in total. The highest BCUT2D eigenvalue weighted by Crippen LogP contribution is 2.10. The third-order valence-electron chi connectivity index (χ3n) is 2.86. The van der Waals surface area contributed by atoms with E-state index in [1.807, 2.05) is 25.1 Å². The Morgan fingerprint density at radius 2 is 1.81 bits per heavy atom. The Balaban J connectivity index is 1.96. The van der Waals surface area contributed by atoms with Crippen molar-refractivity contribution in [3.8, 4) is 0 Å². The van der Waals surface area contributed by atoms with Gasteiger partial charge in [0.2, 0.25) is 10.0 Å². The van der Waals surface area contributed by atoms with Crippen molar-refractivity contribution in [2.45, 2.75) is 20.4 Å². The van der Waals surface area contributed by atoms with Crippen LogP contribution in [0, 0.1) is 6.92 Å². The maximum absolute atomic E-state index is 11.4. The maximum Gasteiger partial charge on any atom is 0.233 e. The summed E-state index contributed by atoms with van der Waals surface area (Å²) < 4.78 is 25.2. The van der Waals surface area contributed by atoms with Crippen LogP contribution >= 0.6 is 0 Å². The molecular weight excluding hydrogens is 288 g/mol. The summed E-state index contributed by atoms with van der Waals surface area (Å²) in [6.45, 7) is 4.24. The number of anilines is 2. The highest BCUT2D eigenvalue weighted by atomic mass is 32.2. The molecule has 0 fully saturated rings. The van der Waals surface area contributed by atoms with Crippen molar-refractivity contribution >= 4 is 21.7 Å². The van der Waals surface area contributed by atoms with Gasteiger partial charge in [0.05, 0.1) is 5.75 Å². The number of rotatable bonds is 6. The number of hydrogen-bond acceptors (Lipinski definition) is 5. The summed E-state index contributed by atoms with van der Waals surface area (Å²) in [4.78, 5) is 0. The molecule has 7 heteroatoms. The fraction of sp³-hybridized carbons (Fsp3) is 0.286. The standard InChI is InChI=1S/C14H18N4O2S/c1-3-21(19,20)18-14-8-7-13(16-17-14)15-10-12-6-4-5-11(2)9-12/h4-9H,3,10H2,1-2H3,(H,15,16)(H,17,18). The quantitative estimate of drug-likeness (QED) is 0.854. The van der Waals surface area contributed by atoms with E-state index in [1.54, 1.807) is 19.1 Å². The lowest BCUT2D eigenvalue weighted by Crippen LogP contribution is -2.16. The van der Waals surface area contributed by atoms with E-state index in [1.165, 1.54) is 5.56 Å². The van der Waals surface area contributed by atoms with Crippen molar-refractivity contribution < 1.29 is 8.42 Å². The van der Waals surface area contributed by atoms with Gasteiger partial charge in [0.25, 0.3) is 0 Å². The molecule has 2 aromatic rings. The average molecular weight is 306 g/mol. The molecular formula is C14H18N4O2S. The topological polar surface area (TPSA) is 84.0 Å². The predicted molar refractivity (Wildman–Crippen MR) is 83.6 cm³/mol. The molecule has 0 unspecified atom stereocenters. The van der Waals surface area contributed by atoms with Gasteiger partial charge in [-0.1, -0.05) is 29.8 Å². The molecule has 0 aliphatic heterocycles. The van der Waals surface area contributed by atoms with E-state index in [4.69, 9.17) is 0 Å². The Bertz CT molecular complexity index is 699. The van der Waals surface area contributed by atoms with E-state index < -0.39 is 10.0 Å². The van der Waals surface area contributed by atoms with Crippen LogP contribution in [0.3, 0.4) is 0 Å². The SMILES string of the molecule is CCS(=O)(=O)Nc1ccc(NCc2cccc(C)c2)nn1. The van der Waals surface area contributed by atoms with Crippen molar-refractivity contribution in [1.82, 2.24) is 10.2 Å². The Kier molecular flexibility index (Phi) is 4.74. The summed E-state index contributed by atoms with van der Waals surface area (Å²) in [7, 11) is -3.32. The number of aromatic nitrogens is 2. The second-order valence-electron chi connectivity index (χ2n) is 4.65. The highest BCUT2D eigenvalue weighted by Gasteiger charge is 2.07. The molecule has 6 nitrogen and oxygen atoms in total. The Morgan fingerprint density at radius 3 is 2.43 bits per heavy atom. The zero-order valence-corrected chi connectivity index (χ0v) is 12.8. The summed E-state index contributed by atoms with van der Waals surface area (Å²) in [5, 5.41) is 10.9. The van der Waals surface area contributed by atoms with E-state index >= 15 is 0 Å². The van der Waals surface area contributed by atoms with Crippen LogP contribution in [0.5, 0.6) is 0 Å². The lowest BCUT2D eigenvalue weighted by molar-refractivity contribution is 0.602. The first-order valence-corrected chi connectivity index (χ1v) is 8.27. The molecule has 0 radical (unpaired) electrons. The summed E-state index contributed by atoms with van der Waals surface area (Å²) in [5.41, 5.74) is 2.34. The molecule has 2 rings (SSSR count). The van der Waals surface area contributed by atoms with Crippen LogP contribution in [-0.2, 0) is 16.6 Å². The van der Waals surface area contributed by atoms with E-state index in [0.29, 0.717) is 12.4 Å². The normalized spacial score (nSPS) is 11.1. The minimum absolute atomic E-state index is 0.00202. The Hall–Kier alpha value is -2.15. The molecule has 0 aliphatic rings. The van der Waals surface area contributed by atoms with Gasteiger partial charge < -0.3 is 5.32 Å². The summed E-state index contributed by atoms with van der Waals surface area (Å²) >= 11 is 0. The van der Waals surface area contributed by atoms with Crippen LogP contribution in [0.25, 0.3) is 0 Å². The fourth-order valence-electron chi connectivity index (χ4n) is 1.73. The minimum Gasteiger partial charge on any atom is -0.365 e. The number of aryl methyl sites for hydroxylation is 1. The van der Waals surface area contributed by atoms with Crippen LogP contribution in [0.15, 0.2) is 36.4 Å². The van der Waals surface area contributed by atoms with Gasteiger partial charge in [-0.3, -0.25) is 4.72 Å². The number of benzene rings is 1. The number of nitrogens with one attached hydrogen (secondary N) is 2. The first-order chi connectivity index (χ1) is 9.98. The number of nitrogens with zero attached hydrogens (tertiary/aromatic N) is 2. The third-order valence-corrected chi connectivity index (χ3v) is 4.14. The predicted octanol–water partition coefficient (Wildman–Crippen LogP) is 2.16. The molecule has 21 heavy (non-hydrogen) atoms. The lowest BCUT2D eigenvalue weighted by Gasteiger charge is -2.07. The Labute approximate surface area is 124 Å². The van der Waals surface area contributed by atoms with Crippen molar-refractivity contribution in [3.05, 3.63) is 47.5 Å². The number of hydrogen-bond donors (Lipinski definition) is 2. The molecule has 1 aromatic heterocycles. The monoisotopic (exact) mass is 306 g/mol. The molecule has 0 spiro atoms. The minimum atomic E-state index is -3.32. The lowest BCUT2D eigenvalue weighted by atomic mass is 10.1. The van der Waals surface area contributed by atoms with Crippen molar-refractivity contribution in [2.75, 3.05) is 15.8 Å². The van der Waals surface area contributed by atoms with Crippen molar-refractivity contribution in [1.29, 1.82) is 0 Å². The summed E-state index contributed by atoms with van der Waals surface area (Å²) in [6, 6.07) is 11.4. The van der Waals surface area contributed by atoms with E-state index in [0.717, 1.165) is 5.56 Å². The average Bonchev–Trinajstić information content (AvgIpc) is 2.46.